The number of rotatable bonds is 10. The molecule has 4 heteroatoms. The Morgan fingerprint density at radius 3 is 2.24 bits per heavy atom. The van der Waals surface area contributed by atoms with Crippen LogP contribution in [0.1, 0.15) is 76.9 Å². The molecule has 1 heterocycles. The van der Waals surface area contributed by atoms with Crippen molar-refractivity contribution >= 4 is 22.7 Å². The van der Waals surface area contributed by atoms with Gasteiger partial charge in [0, 0.05) is 16.5 Å². The molecule has 0 spiro atoms. The summed E-state index contributed by atoms with van der Waals surface area (Å²) in [6.07, 6.45) is 5.10. The highest BCUT2D eigenvalue weighted by molar-refractivity contribution is 6.07. The molecule has 0 bridgehead atoms. The van der Waals surface area contributed by atoms with Crippen molar-refractivity contribution in [1.29, 1.82) is 0 Å². The first-order valence-electron chi connectivity index (χ1n) is 13.2. The number of aromatic nitrogens is 1. The summed E-state index contributed by atoms with van der Waals surface area (Å²) >= 11 is 0. The van der Waals surface area contributed by atoms with Crippen LogP contribution in [0.5, 0.6) is 0 Å². The van der Waals surface area contributed by atoms with E-state index in [2.05, 4.69) is 31.2 Å². The number of esters is 1. The van der Waals surface area contributed by atoms with Gasteiger partial charge in [-0.2, -0.15) is 0 Å². The zero-order chi connectivity index (χ0) is 26.4. The van der Waals surface area contributed by atoms with E-state index in [9.17, 15) is 9.59 Å². The van der Waals surface area contributed by atoms with Crippen LogP contribution in [0.25, 0.3) is 22.2 Å². The number of fused-ring (bicyclic) bond motifs is 1. The van der Waals surface area contributed by atoms with Crippen LogP contribution in [0.4, 0.5) is 0 Å². The summed E-state index contributed by atoms with van der Waals surface area (Å²) in [5.41, 5.74) is 6.70. The van der Waals surface area contributed by atoms with Gasteiger partial charge in [0.25, 0.3) is 0 Å². The van der Waals surface area contributed by atoms with E-state index in [1.165, 1.54) is 31.2 Å². The van der Waals surface area contributed by atoms with Crippen molar-refractivity contribution in [1.82, 2.24) is 4.98 Å². The van der Waals surface area contributed by atoms with Gasteiger partial charge in [0.2, 0.25) is 5.78 Å². The normalized spacial score (nSPS) is 11.9. The predicted molar refractivity (Wildman–Crippen MR) is 150 cm³/mol. The number of hydrogen-bond donors (Lipinski definition) is 0. The van der Waals surface area contributed by atoms with Crippen molar-refractivity contribution in [3.8, 4) is 11.3 Å². The Kier molecular flexibility index (Phi) is 8.50. The minimum atomic E-state index is -0.904. The Morgan fingerprint density at radius 2 is 1.54 bits per heavy atom. The van der Waals surface area contributed by atoms with Gasteiger partial charge >= 0.3 is 5.97 Å². The van der Waals surface area contributed by atoms with E-state index >= 15 is 0 Å². The summed E-state index contributed by atoms with van der Waals surface area (Å²) in [5.74, 6) is -0.752. The Bertz CT molecular complexity index is 1390. The van der Waals surface area contributed by atoms with Gasteiger partial charge in [0.15, 0.2) is 6.10 Å². The first kappa shape index (κ1) is 26.3. The summed E-state index contributed by atoms with van der Waals surface area (Å²) in [6.45, 7) is 7.78. The molecule has 0 radical (unpaired) electrons. The van der Waals surface area contributed by atoms with Crippen molar-refractivity contribution in [2.75, 3.05) is 0 Å². The summed E-state index contributed by atoms with van der Waals surface area (Å²) in [5, 5.41) is 0.719. The number of aryl methyl sites for hydroxylation is 3. The molecular weight excluding hydrogens is 458 g/mol. The molecule has 0 amide bonds. The van der Waals surface area contributed by atoms with Crippen LogP contribution in [-0.2, 0) is 11.2 Å². The quantitative estimate of drug-likeness (QED) is 0.127. The lowest BCUT2D eigenvalue weighted by atomic mass is 10.0. The van der Waals surface area contributed by atoms with Crippen LogP contribution in [-0.4, -0.2) is 22.8 Å². The predicted octanol–water partition coefficient (Wildman–Crippen LogP) is 8.07. The Morgan fingerprint density at radius 1 is 0.838 bits per heavy atom. The first-order valence-corrected chi connectivity index (χ1v) is 13.2. The third-order valence-corrected chi connectivity index (χ3v) is 6.74. The average molecular weight is 494 g/mol. The topological polar surface area (TPSA) is 56.3 Å². The second-order valence-corrected chi connectivity index (χ2v) is 9.86. The second kappa shape index (κ2) is 12.0. The van der Waals surface area contributed by atoms with Crippen LogP contribution in [0.2, 0.25) is 0 Å². The van der Waals surface area contributed by atoms with Gasteiger partial charge < -0.3 is 4.74 Å². The maximum atomic E-state index is 13.4. The number of ether oxygens (including phenoxy) is 1. The molecule has 0 aliphatic heterocycles. The van der Waals surface area contributed by atoms with E-state index in [0.717, 1.165) is 34.0 Å². The van der Waals surface area contributed by atoms with Crippen LogP contribution < -0.4 is 0 Å². The van der Waals surface area contributed by atoms with Crippen LogP contribution >= 0.6 is 0 Å². The SMILES string of the molecule is CCCCCCc1ccc(-c2cc(C(=O)O[C@@H](C)C(=O)c3ccc(C)cc3)c3cc(C)ccc3n2)cc1. The molecule has 37 heavy (non-hydrogen) atoms. The molecule has 4 nitrogen and oxygen atoms in total. The monoisotopic (exact) mass is 493 g/mol. The van der Waals surface area contributed by atoms with E-state index in [0.29, 0.717) is 16.8 Å². The molecule has 0 fully saturated rings. The second-order valence-electron chi connectivity index (χ2n) is 9.86. The lowest BCUT2D eigenvalue weighted by Gasteiger charge is -2.15. The van der Waals surface area contributed by atoms with Crippen LogP contribution in [0.3, 0.4) is 0 Å². The highest BCUT2D eigenvalue weighted by Gasteiger charge is 2.23. The molecule has 0 aliphatic carbocycles. The largest absolute Gasteiger partial charge is 0.451 e. The number of nitrogens with zero attached hydrogens (tertiary/aromatic N) is 1. The van der Waals surface area contributed by atoms with Gasteiger partial charge in [-0.1, -0.05) is 91.9 Å². The molecule has 0 N–H and O–H groups in total. The Balaban J connectivity index is 1.60. The number of unbranched alkanes of at least 4 members (excludes halogenated alkanes) is 3. The number of benzene rings is 3. The lowest BCUT2D eigenvalue weighted by molar-refractivity contribution is 0.0320. The van der Waals surface area contributed by atoms with E-state index in [1.807, 2.05) is 44.2 Å². The van der Waals surface area contributed by atoms with Gasteiger partial charge in [-0.05, 0) is 57.4 Å². The number of ketones is 1. The number of pyridine rings is 1. The summed E-state index contributed by atoms with van der Waals surface area (Å²) < 4.78 is 5.69. The van der Waals surface area contributed by atoms with Gasteiger partial charge in [0.05, 0.1) is 16.8 Å². The number of carbonyl (C=O) groups excluding carboxylic acids is 2. The summed E-state index contributed by atoms with van der Waals surface area (Å²) in [4.78, 5) is 31.1. The van der Waals surface area contributed by atoms with Crippen LogP contribution in [0, 0.1) is 13.8 Å². The van der Waals surface area contributed by atoms with E-state index in [-0.39, 0.29) is 5.78 Å². The highest BCUT2D eigenvalue weighted by Crippen LogP contribution is 2.27. The zero-order valence-electron chi connectivity index (χ0n) is 22.2. The summed E-state index contributed by atoms with van der Waals surface area (Å²) in [6, 6.07) is 23.3. The van der Waals surface area contributed by atoms with Gasteiger partial charge in [-0.15, -0.1) is 0 Å². The van der Waals surface area contributed by atoms with Gasteiger partial charge in [-0.3, -0.25) is 4.79 Å². The number of carbonyl (C=O) groups is 2. The molecule has 3 aromatic carbocycles. The lowest BCUT2D eigenvalue weighted by Crippen LogP contribution is -2.24. The van der Waals surface area contributed by atoms with Gasteiger partial charge in [-0.25, -0.2) is 9.78 Å². The molecule has 190 valence electrons. The van der Waals surface area contributed by atoms with E-state index in [4.69, 9.17) is 9.72 Å². The third kappa shape index (κ3) is 6.51. The van der Waals surface area contributed by atoms with Crippen molar-refractivity contribution in [3.05, 3.63) is 101 Å². The van der Waals surface area contributed by atoms with Crippen molar-refractivity contribution in [2.24, 2.45) is 0 Å². The summed E-state index contributed by atoms with van der Waals surface area (Å²) in [7, 11) is 0. The fourth-order valence-corrected chi connectivity index (χ4v) is 4.48. The number of Topliss-reactive ketones (excluding diaryl/α,β-unsaturated/α-hetero) is 1. The molecule has 1 atom stereocenters. The van der Waals surface area contributed by atoms with Crippen molar-refractivity contribution in [3.63, 3.8) is 0 Å². The molecule has 0 saturated heterocycles. The zero-order valence-corrected chi connectivity index (χ0v) is 22.2. The minimum absolute atomic E-state index is 0.224. The molecular formula is C33H35NO3. The minimum Gasteiger partial charge on any atom is -0.451 e. The van der Waals surface area contributed by atoms with Gasteiger partial charge in [0.1, 0.15) is 0 Å². The molecule has 0 unspecified atom stereocenters. The molecule has 4 rings (SSSR count). The smallest absolute Gasteiger partial charge is 0.339 e. The Hall–Kier alpha value is -3.79. The average Bonchev–Trinajstić information content (AvgIpc) is 2.91. The standard InChI is InChI=1S/C33H35NO3/c1-5-6-7-8-9-25-13-17-26(18-14-25)31-21-29(28-20-23(3)12-19-30(28)34-31)33(36)37-24(4)32(35)27-15-10-22(2)11-16-27/h10-21,24H,5-9H2,1-4H3/t24-/m0/s1. The van der Waals surface area contributed by atoms with E-state index in [1.54, 1.807) is 25.1 Å². The fraction of sp³-hybridized carbons (Fsp3) is 0.303. The maximum absolute atomic E-state index is 13.4. The maximum Gasteiger partial charge on any atom is 0.339 e. The highest BCUT2D eigenvalue weighted by atomic mass is 16.5. The molecule has 0 saturated carbocycles. The van der Waals surface area contributed by atoms with Crippen molar-refractivity contribution in [2.45, 2.75) is 65.9 Å². The number of hydrogen-bond acceptors (Lipinski definition) is 4. The molecule has 1 aromatic heterocycles. The first-order chi connectivity index (χ1) is 17.9. The molecule has 0 aliphatic rings. The van der Waals surface area contributed by atoms with E-state index < -0.39 is 12.1 Å². The fourth-order valence-electron chi connectivity index (χ4n) is 4.48. The Labute approximate surface area is 219 Å². The van der Waals surface area contributed by atoms with Crippen molar-refractivity contribution < 1.29 is 14.3 Å². The van der Waals surface area contributed by atoms with Crippen LogP contribution in [0.15, 0.2) is 72.8 Å². The molecule has 4 aromatic rings. The third-order valence-electron chi connectivity index (χ3n) is 6.74.